The highest BCUT2D eigenvalue weighted by Crippen LogP contribution is 2.51. The second-order valence-corrected chi connectivity index (χ2v) is 10.8. The number of carbonyl (C=O) groups excluding carboxylic acids is 1. The third-order valence-corrected chi connectivity index (χ3v) is 8.76. The second-order valence-electron chi connectivity index (χ2n) is 10.8. The van der Waals surface area contributed by atoms with Crippen molar-refractivity contribution in [3.05, 3.63) is 0 Å². The van der Waals surface area contributed by atoms with Crippen molar-refractivity contribution in [2.45, 2.75) is 142 Å². The predicted octanol–water partition coefficient (Wildman–Crippen LogP) is 8.23. The number of hydrogen-bond donors (Lipinski definition) is 0. The first-order valence-electron chi connectivity index (χ1n) is 13.4. The molecule has 0 amide bonds. The highest BCUT2D eigenvalue weighted by atomic mass is 16.5. The Morgan fingerprint density at radius 3 is 2.00 bits per heavy atom. The molecule has 0 aromatic rings. The fourth-order valence-corrected chi connectivity index (χ4v) is 6.86. The maximum atomic E-state index is 13.6. The van der Waals surface area contributed by atoms with Crippen LogP contribution in [0.2, 0.25) is 0 Å². The number of rotatable bonds is 9. The molecule has 3 rings (SSSR count). The van der Waals surface area contributed by atoms with Crippen LogP contribution in [0.5, 0.6) is 0 Å². The average Bonchev–Trinajstić information content (AvgIpc) is 2.76. The monoisotopic (exact) mass is 404 g/mol. The van der Waals surface area contributed by atoms with Gasteiger partial charge in [-0.15, -0.1) is 0 Å². The van der Waals surface area contributed by atoms with E-state index < -0.39 is 0 Å². The van der Waals surface area contributed by atoms with Gasteiger partial charge in [-0.05, 0) is 69.1 Å². The molecule has 0 bridgehead atoms. The third-order valence-electron chi connectivity index (χ3n) is 8.76. The number of carbonyl (C=O) groups is 1. The van der Waals surface area contributed by atoms with E-state index in [2.05, 4.69) is 13.8 Å². The van der Waals surface area contributed by atoms with E-state index in [-0.39, 0.29) is 17.5 Å². The van der Waals surface area contributed by atoms with Gasteiger partial charge >= 0.3 is 5.97 Å². The van der Waals surface area contributed by atoms with Crippen molar-refractivity contribution < 1.29 is 9.53 Å². The Morgan fingerprint density at radius 2 is 1.38 bits per heavy atom. The van der Waals surface area contributed by atoms with Crippen molar-refractivity contribution in [2.75, 3.05) is 0 Å². The highest BCUT2D eigenvalue weighted by Gasteiger charge is 2.48. The zero-order valence-corrected chi connectivity index (χ0v) is 19.6. The lowest BCUT2D eigenvalue weighted by atomic mass is 9.60. The predicted molar refractivity (Wildman–Crippen MR) is 122 cm³/mol. The van der Waals surface area contributed by atoms with E-state index in [9.17, 15) is 4.79 Å². The second kappa shape index (κ2) is 11.8. The van der Waals surface area contributed by atoms with Crippen LogP contribution in [0.25, 0.3) is 0 Å². The summed E-state index contributed by atoms with van der Waals surface area (Å²) >= 11 is 0. The van der Waals surface area contributed by atoms with Crippen LogP contribution in [0.1, 0.15) is 136 Å². The topological polar surface area (TPSA) is 26.3 Å². The Bertz CT molecular complexity index is 463. The molecule has 0 spiro atoms. The lowest BCUT2D eigenvalue weighted by Gasteiger charge is -2.45. The summed E-state index contributed by atoms with van der Waals surface area (Å²) in [6, 6.07) is 0. The molecule has 3 aliphatic carbocycles. The first-order valence-corrected chi connectivity index (χ1v) is 13.4. The molecule has 0 radical (unpaired) electrons. The van der Waals surface area contributed by atoms with Crippen LogP contribution < -0.4 is 0 Å². The molecule has 0 heterocycles. The molecule has 0 aromatic heterocycles. The molecule has 0 saturated heterocycles. The lowest BCUT2D eigenvalue weighted by molar-refractivity contribution is -0.171. The zero-order valence-electron chi connectivity index (χ0n) is 19.6. The van der Waals surface area contributed by atoms with E-state index in [1.165, 1.54) is 96.3 Å². The Morgan fingerprint density at radius 1 is 0.759 bits per heavy atom. The van der Waals surface area contributed by atoms with E-state index in [0.717, 1.165) is 37.5 Å². The fraction of sp³-hybridized carbons (Fsp3) is 0.963. The largest absolute Gasteiger partial charge is 0.462 e. The fourth-order valence-electron chi connectivity index (χ4n) is 6.86. The Kier molecular flexibility index (Phi) is 9.38. The molecule has 2 nitrogen and oxygen atoms in total. The number of esters is 1. The zero-order chi connectivity index (χ0) is 20.5. The van der Waals surface area contributed by atoms with Crippen LogP contribution in [0.15, 0.2) is 0 Å². The summed E-state index contributed by atoms with van der Waals surface area (Å²) in [6.07, 6.45) is 24.3. The molecule has 3 fully saturated rings. The standard InChI is InChI=1S/C27H48O2/c1-3-5-7-11-23-14-18-25(19-15-23)29-26(28)27(20-8-6-9-21-27)24-16-12-22(10-4-2)13-17-24/h22-25H,3-21H2,1-2H3. The van der Waals surface area contributed by atoms with E-state index in [1.54, 1.807) is 0 Å². The van der Waals surface area contributed by atoms with Gasteiger partial charge in [-0.2, -0.15) is 0 Å². The summed E-state index contributed by atoms with van der Waals surface area (Å²) in [5.74, 6) is 2.60. The van der Waals surface area contributed by atoms with Gasteiger partial charge < -0.3 is 4.74 Å². The van der Waals surface area contributed by atoms with Crippen LogP contribution >= 0.6 is 0 Å². The van der Waals surface area contributed by atoms with Crippen molar-refractivity contribution in [3.63, 3.8) is 0 Å². The maximum Gasteiger partial charge on any atom is 0.312 e. The molecular weight excluding hydrogens is 356 g/mol. The quantitative estimate of drug-likeness (QED) is 0.286. The van der Waals surface area contributed by atoms with E-state index in [4.69, 9.17) is 4.74 Å². The molecule has 0 atom stereocenters. The minimum absolute atomic E-state index is 0.132. The van der Waals surface area contributed by atoms with Crippen molar-refractivity contribution in [2.24, 2.45) is 23.2 Å². The van der Waals surface area contributed by atoms with Crippen LogP contribution in [0.3, 0.4) is 0 Å². The van der Waals surface area contributed by atoms with Gasteiger partial charge in [0.2, 0.25) is 0 Å². The summed E-state index contributed by atoms with van der Waals surface area (Å²) in [6.45, 7) is 4.60. The average molecular weight is 405 g/mol. The van der Waals surface area contributed by atoms with Gasteiger partial charge in [0, 0.05) is 0 Å². The summed E-state index contributed by atoms with van der Waals surface area (Å²) in [7, 11) is 0. The SMILES string of the molecule is CCCCCC1CCC(OC(=O)C2(C3CCC(CCC)CC3)CCCCC2)CC1. The van der Waals surface area contributed by atoms with Gasteiger partial charge in [-0.25, -0.2) is 0 Å². The summed E-state index contributed by atoms with van der Waals surface area (Å²) in [5.41, 5.74) is -0.132. The van der Waals surface area contributed by atoms with Crippen molar-refractivity contribution in [3.8, 4) is 0 Å². The molecule has 0 unspecified atom stereocenters. The molecular formula is C27H48O2. The van der Waals surface area contributed by atoms with Crippen LogP contribution in [0, 0.1) is 23.2 Å². The van der Waals surface area contributed by atoms with Crippen molar-refractivity contribution in [1.82, 2.24) is 0 Å². The number of ether oxygens (including phenoxy) is 1. The molecule has 168 valence electrons. The summed E-state index contributed by atoms with van der Waals surface area (Å²) in [5, 5.41) is 0. The van der Waals surface area contributed by atoms with Gasteiger partial charge in [0.05, 0.1) is 5.41 Å². The third kappa shape index (κ3) is 6.23. The first kappa shape index (κ1) is 23.1. The van der Waals surface area contributed by atoms with Crippen LogP contribution in [-0.2, 0) is 9.53 Å². The van der Waals surface area contributed by atoms with Crippen LogP contribution in [-0.4, -0.2) is 12.1 Å². The molecule has 0 aromatic carbocycles. The molecule has 3 saturated carbocycles. The Balaban J connectivity index is 1.52. The minimum atomic E-state index is -0.132. The maximum absolute atomic E-state index is 13.6. The number of hydrogen-bond acceptors (Lipinski definition) is 2. The molecule has 29 heavy (non-hydrogen) atoms. The van der Waals surface area contributed by atoms with Gasteiger partial charge in [-0.3, -0.25) is 4.79 Å². The normalized spacial score (nSPS) is 32.6. The van der Waals surface area contributed by atoms with E-state index in [1.807, 2.05) is 0 Å². The molecule has 3 aliphatic rings. The summed E-state index contributed by atoms with van der Waals surface area (Å²) in [4.78, 5) is 13.6. The van der Waals surface area contributed by atoms with Crippen molar-refractivity contribution >= 4 is 5.97 Å². The van der Waals surface area contributed by atoms with Crippen LogP contribution in [0.4, 0.5) is 0 Å². The smallest absolute Gasteiger partial charge is 0.312 e. The highest BCUT2D eigenvalue weighted by molar-refractivity contribution is 5.77. The van der Waals surface area contributed by atoms with Crippen molar-refractivity contribution in [1.29, 1.82) is 0 Å². The van der Waals surface area contributed by atoms with Gasteiger partial charge in [0.25, 0.3) is 0 Å². The molecule has 0 aliphatic heterocycles. The summed E-state index contributed by atoms with van der Waals surface area (Å²) < 4.78 is 6.30. The first-order chi connectivity index (χ1) is 14.2. The van der Waals surface area contributed by atoms with Gasteiger partial charge in [-0.1, -0.05) is 84.5 Å². The number of unbranched alkanes of at least 4 members (excludes halogenated alkanes) is 2. The molecule has 2 heteroatoms. The Hall–Kier alpha value is -0.530. The van der Waals surface area contributed by atoms with E-state index >= 15 is 0 Å². The Labute approximate surface area is 180 Å². The van der Waals surface area contributed by atoms with E-state index in [0.29, 0.717) is 5.92 Å². The van der Waals surface area contributed by atoms with Gasteiger partial charge in [0.15, 0.2) is 0 Å². The molecule has 0 N–H and O–H groups in total. The van der Waals surface area contributed by atoms with Gasteiger partial charge in [0.1, 0.15) is 6.10 Å². The minimum Gasteiger partial charge on any atom is -0.462 e. The lowest BCUT2D eigenvalue weighted by Crippen LogP contribution is -2.44.